The second-order valence-corrected chi connectivity index (χ2v) is 6.14. The number of carbonyl (C=O) groups excluding carboxylic acids is 1. The van der Waals surface area contributed by atoms with E-state index in [0.717, 1.165) is 32.3 Å². The van der Waals surface area contributed by atoms with E-state index in [0.29, 0.717) is 0 Å². The number of rotatable bonds is 3. The fraction of sp³-hybridized carbons (Fsp3) is 0.176. The summed E-state index contributed by atoms with van der Waals surface area (Å²) < 4.78 is 4.79. The Morgan fingerprint density at radius 3 is 2.65 bits per heavy atom. The molecule has 0 saturated carbocycles. The maximum absolute atomic E-state index is 11.7. The zero-order chi connectivity index (χ0) is 16.4. The van der Waals surface area contributed by atoms with Crippen LogP contribution < -0.4 is 4.90 Å². The van der Waals surface area contributed by atoms with E-state index in [9.17, 15) is 4.79 Å². The molecule has 5 nitrogen and oxygen atoms in total. The summed E-state index contributed by atoms with van der Waals surface area (Å²) in [6.45, 7) is 0. The van der Waals surface area contributed by atoms with E-state index in [2.05, 4.69) is 10.1 Å². The van der Waals surface area contributed by atoms with Crippen LogP contribution in [-0.2, 0) is 16.0 Å². The van der Waals surface area contributed by atoms with E-state index in [1.54, 1.807) is 11.8 Å². The van der Waals surface area contributed by atoms with Crippen molar-refractivity contribution in [2.45, 2.75) is 16.2 Å². The summed E-state index contributed by atoms with van der Waals surface area (Å²) in [6.07, 6.45) is 1.65. The van der Waals surface area contributed by atoms with Crippen molar-refractivity contribution in [3.63, 3.8) is 0 Å². The summed E-state index contributed by atoms with van der Waals surface area (Å²) in [5.74, 6) is -0.266. The van der Waals surface area contributed by atoms with Gasteiger partial charge in [0.25, 0.3) is 0 Å². The van der Waals surface area contributed by atoms with E-state index in [-0.39, 0.29) is 12.4 Å². The molecular weight excluding hydrogens is 312 g/mol. The molecule has 6 heteroatoms. The smallest absolute Gasteiger partial charge is 0.310 e. The average molecular weight is 328 g/mol. The molecule has 0 fully saturated rings. The first-order valence-corrected chi connectivity index (χ1v) is 7.88. The van der Waals surface area contributed by atoms with E-state index in [1.807, 2.05) is 43.4 Å². The third-order valence-corrected chi connectivity index (χ3v) is 5.11. The summed E-state index contributed by atoms with van der Waals surface area (Å²) in [6, 6.07) is 11.7. The van der Waals surface area contributed by atoms with Gasteiger partial charge in [-0.05, 0) is 17.7 Å². The predicted molar refractivity (Wildman–Crippen MR) is 90.2 cm³/mol. The van der Waals surface area contributed by atoms with Gasteiger partial charge in [-0.15, -0.1) is 0 Å². The van der Waals surface area contributed by atoms with E-state index < -0.39 is 0 Å². The van der Waals surface area contributed by atoms with Crippen molar-refractivity contribution in [1.29, 1.82) is 0 Å². The highest BCUT2D eigenvalue weighted by atomic mass is 32.2. The van der Waals surface area contributed by atoms with Gasteiger partial charge in [-0.3, -0.25) is 4.79 Å². The van der Waals surface area contributed by atoms with E-state index in [4.69, 9.17) is 9.94 Å². The minimum Gasteiger partial charge on any atom is -0.469 e. The maximum Gasteiger partial charge on any atom is 0.310 e. The molecule has 1 heterocycles. The number of esters is 1. The van der Waals surface area contributed by atoms with Gasteiger partial charge in [0.1, 0.15) is 0 Å². The predicted octanol–water partition coefficient (Wildman–Crippen LogP) is 3.44. The quantitative estimate of drug-likeness (QED) is 0.405. The van der Waals surface area contributed by atoms with Crippen LogP contribution in [0.4, 0.5) is 11.4 Å². The number of ether oxygens (including phenoxy) is 1. The van der Waals surface area contributed by atoms with Gasteiger partial charge in [0.2, 0.25) is 0 Å². The largest absolute Gasteiger partial charge is 0.469 e. The Morgan fingerprint density at radius 2 is 1.96 bits per heavy atom. The third kappa shape index (κ3) is 2.77. The molecule has 0 bridgehead atoms. The molecule has 0 atom stereocenters. The Morgan fingerprint density at radius 1 is 1.26 bits per heavy atom. The van der Waals surface area contributed by atoms with Gasteiger partial charge in [0.15, 0.2) is 0 Å². The number of anilines is 2. The lowest BCUT2D eigenvalue weighted by molar-refractivity contribution is -0.139. The van der Waals surface area contributed by atoms with Crippen LogP contribution in [0, 0.1) is 0 Å². The van der Waals surface area contributed by atoms with Crippen LogP contribution in [0.15, 0.2) is 51.3 Å². The van der Waals surface area contributed by atoms with Crippen LogP contribution in [0.2, 0.25) is 0 Å². The van der Waals surface area contributed by atoms with Gasteiger partial charge in [-0.2, -0.15) is 0 Å². The standard InChI is InChI=1S/C17H16N2O3S/c1-19-13-7-3-5-11(9-15(20)22-2)16(13)23-17-12(10-18-21)6-4-8-14(17)19/h3-8,10,21H,9H2,1-2H3. The molecule has 0 saturated heterocycles. The van der Waals surface area contributed by atoms with Crippen LogP contribution in [0.1, 0.15) is 11.1 Å². The summed E-state index contributed by atoms with van der Waals surface area (Å²) in [5.41, 5.74) is 3.84. The molecular formula is C17H16N2O3S. The third-order valence-electron chi connectivity index (χ3n) is 3.79. The molecule has 1 aliphatic heterocycles. The molecule has 2 aromatic carbocycles. The first-order chi connectivity index (χ1) is 11.2. The molecule has 2 aromatic rings. The minimum absolute atomic E-state index is 0.228. The zero-order valence-corrected chi connectivity index (χ0v) is 13.6. The number of oxime groups is 1. The van der Waals surface area contributed by atoms with Crippen molar-refractivity contribution in [1.82, 2.24) is 0 Å². The molecule has 0 aromatic heterocycles. The Bertz CT molecular complexity index is 789. The molecule has 0 unspecified atom stereocenters. The van der Waals surface area contributed by atoms with Crippen molar-refractivity contribution in [2.24, 2.45) is 5.16 Å². The Labute approximate surface area is 138 Å². The Balaban J connectivity index is 2.11. The van der Waals surface area contributed by atoms with Crippen LogP contribution in [0.5, 0.6) is 0 Å². The molecule has 1 N–H and O–H groups in total. The number of nitrogens with zero attached hydrogens (tertiary/aromatic N) is 2. The molecule has 3 rings (SSSR count). The molecule has 1 aliphatic rings. The highest BCUT2D eigenvalue weighted by Crippen LogP contribution is 2.49. The van der Waals surface area contributed by atoms with E-state index in [1.165, 1.54) is 13.3 Å². The second kappa shape index (κ2) is 6.34. The summed E-state index contributed by atoms with van der Waals surface area (Å²) >= 11 is 1.58. The molecule has 23 heavy (non-hydrogen) atoms. The molecule has 0 aliphatic carbocycles. The van der Waals surface area contributed by atoms with Gasteiger partial charge in [-0.1, -0.05) is 41.2 Å². The lowest BCUT2D eigenvalue weighted by Gasteiger charge is -2.31. The van der Waals surface area contributed by atoms with E-state index >= 15 is 0 Å². The number of methoxy groups -OCH3 is 1. The van der Waals surface area contributed by atoms with Crippen LogP contribution in [0.3, 0.4) is 0 Å². The molecule has 0 radical (unpaired) electrons. The minimum atomic E-state index is -0.266. The highest BCUT2D eigenvalue weighted by Gasteiger charge is 2.25. The fourth-order valence-corrected chi connectivity index (χ4v) is 3.97. The summed E-state index contributed by atoms with van der Waals surface area (Å²) in [5, 5.41) is 12.0. The number of hydrogen-bond donors (Lipinski definition) is 1. The zero-order valence-electron chi connectivity index (χ0n) is 12.8. The molecule has 118 valence electrons. The van der Waals surface area contributed by atoms with Gasteiger partial charge in [0, 0.05) is 22.4 Å². The lowest BCUT2D eigenvalue weighted by atomic mass is 10.1. The van der Waals surface area contributed by atoms with Gasteiger partial charge >= 0.3 is 5.97 Å². The first-order valence-electron chi connectivity index (χ1n) is 7.06. The topological polar surface area (TPSA) is 62.1 Å². The van der Waals surface area contributed by atoms with Crippen molar-refractivity contribution >= 4 is 35.3 Å². The summed E-state index contributed by atoms with van der Waals surface area (Å²) in [7, 11) is 3.38. The Hall–Kier alpha value is -2.47. The highest BCUT2D eigenvalue weighted by molar-refractivity contribution is 8.00. The van der Waals surface area contributed by atoms with Crippen LogP contribution in [0.25, 0.3) is 0 Å². The van der Waals surface area contributed by atoms with Crippen LogP contribution >= 0.6 is 11.8 Å². The summed E-state index contributed by atoms with van der Waals surface area (Å²) in [4.78, 5) is 15.8. The van der Waals surface area contributed by atoms with Crippen molar-refractivity contribution in [3.05, 3.63) is 47.5 Å². The monoisotopic (exact) mass is 328 g/mol. The van der Waals surface area contributed by atoms with Crippen molar-refractivity contribution in [3.8, 4) is 0 Å². The fourth-order valence-electron chi connectivity index (χ4n) is 2.63. The number of hydrogen-bond acceptors (Lipinski definition) is 6. The number of carbonyl (C=O) groups is 1. The van der Waals surface area contributed by atoms with Crippen LogP contribution in [-0.4, -0.2) is 31.5 Å². The van der Waals surface area contributed by atoms with Gasteiger partial charge < -0.3 is 14.8 Å². The number of fused-ring (bicyclic) bond motifs is 2. The number of benzene rings is 2. The molecule has 0 amide bonds. The van der Waals surface area contributed by atoms with Gasteiger partial charge in [-0.25, -0.2) is 0 Å². The second-order valence-electron chi connectivity index (χ2n) is 5.12. The van der Waals surface area contributed by atoms with Gasteiger partial charge in [0.05, 0.1) is 31.1 Å². The molecule has 0 spiro atoms. The average Bonchev–Trinajstić information content (AvgIpc) is 2.56. The van der Waals surface area contributed by atoms with Crippen molar-refractivity contribution in [2.75, 3.05) is 19.1 Å². The van der Waals surface area contributed by atoms with Crippen molar-refractivity contribution < 1.29 is 14.7 Å². The maximum atomic E-state index is 11.7. The normalized spacial score (nSPS) is 12.9. The lowest BCUT2D eigenvalue weighted by Crippen LogP contribution is -2.17. The Kier molecular flexibility index (Phi) is 4.25. The first kappa shape index (κ1) is 15.4. The SMILES string of the molecule is COC(=O)Cc1cccc2c1Sc1c(C=NO)cccc1N2C.